The van der Waals surface area contributed by atoms with Crippen LogP contribution in [0.2, 0.25) is 5.15 Å². The third kappa shape index (κ3) is 2.64. The first-order valence-electron chi connectivity index (χ1n) is 7.16. The third-order valence-electron chi connectivity index (χ3n) is 3.69. The van der Waals surface area contributed by atoms with Gasteiger partial charge in [0.05, 0.1) is 11.2 Å². The molecule has 0 aliphatic heterocycles. The Hall–Kier alpha value is -2.75. The van der Waals surface area contributed by atoms with Gasteiger partial charge in [-0.05, 0) is 30.7 Å². The number of ether oxygens (including phenoxy) is 2. The lowest BCUT2D eigenvalue weighted by atomic mass is 10.2. The summed E-state index contributed by atoms with van der Waals surface area (Å²) in [5.74, 6) is 0.952. The SMILES string of the molecule is COCOc1ccc(C)c(-n2c(N)c(C#N)c3nc(Cl)ccc32)c1. The number of anilines is 1. The number of nitrogens with two attached hydrogens (primary N) is 1. The van der Waals surface area contributed by atoms with Crippen LogP contribution in [0.25, 0.3) is 16.7 Å². The van der Waals surface area contributed by atoms with Crippen LogP contribution in [0.4, 0.5) is 5.82 Å². The number of halogens is 1. The smallest absolute Gasteiger partial charge is 0.188 e. The molecule has 2 aromatic heterocycles. The van der Waals surface area contributed by atoms with E-state index in [9.17, 15) is 5.26 Å². The monoisotopic (exact) mass is 342 g/mol. The van der Waals surface area contributed by atoms with E-state index in [1.54, 1.807) is 23.8 Å². The molecule has 0 fully saturated rings. The summed E-state index contributed by atoms with van der Waals surface area (Å²) < 4.78 is 12.2. The van der Waals surface area contributed by atoms with Crippen molar-refractivity contribution < 1.29 is 9.47 Å². The highest BCUT2D eigenvalue weighted by Gasteiger charge is 2.19. The Kier molecular flexibility index (Phi) is 4.30. The number of benzene rings is 1. The number of rotatable bonds is 4. The van der Waals surface area contributed by atoms with E-state index in [4.69, 9.17) is 26.8 Å². The molecule has 2 heterocycles. The minimum Gasteiger partial charge on any atom is -0.467 e. The van der Waals surface area contributed by atoms with Gasteiger partial charge in [-0.2, -0.15) is 5.26 Å². The second kappa shape index (κ2) is 6.40. The number of nitrogens with zero attached hydrogens (tertiary/aromatic N) is 3. The van der Waals surface area contributed by atoms with E-state index < -0.39 is 0 Å². The lowest BCUT2D eigenvalue weighted by molar-refractivity contribution is 0.0511. The molecule has 6 nitrogen and oxygen atoms in total. The molecule has 1 aromatic carbocycles. The second-order valence-electron chi connectivity index (χ2n) is 5.21. The van der Waals surface area contributed by atoms with Crippen molar-refractivity contribution in [2.75, 3.05) is 19.6 Å². The van der Waals surface area contributed by atoms with Crippen molar-refractivity contribution in [3.63, 3.8) is 0 Å². The fourth-order valence-corrected chi connectivity index (χ4v) is 2.72. The molecule has 0 aliphatic rings. The minimum absolute atomic E-state index is 0.144. The Labute approximate surface area is 144 Å². The number of aromatic nitrogens is 2. The number of methoxy groups -OCH3 is 1. The van der Waals surface area contributed by atoms with Crippen LogP contribution in [0, 0.1) is 18.3 Å². The zero-order valence-electron chi connectivity index (χ0n) is 13.2. The zero-order valence-corrected chi connectivity index (χ0v) is 14.0. The Bertz CT molecular complexity index is 959. The van der Waals surface area contributed by atoms with Crippen molar-refractivity contribution in [1.82, 2.24) is 9.55 Å². The maximum absolute atomic E-state index is 9.44. The largest absolute Gasteiger partial charge is 0.467 e. The summed E-state index contributed by atoms with van der Waals surface area (Å²) in [6.07, 6.45) is 0. The normalized spacial score (nSPS) is 10.8. The summed E-state index contributed by atoms with van der Waals surface area (Å²) in [6.45, 7) is 2.10. The molecule has 0 aliphatic carbocycles. The summed E-state index contributed by atoms with van der Waals surface area (Å²) in [6, 6.07) is 11.2. The molecule has 24 heavy (non-hydrogen) atoms. The molecule has 3 rings (SSSR count). The van der Waals surface area contributed by atoms with Crippen LogP contribution < -0.4 is 10.5 Å². The van der Waals surface area contributed by atoms with Crippen molar-refractivity contribution in [3.8, 4) is 17.5 Å². The lowest BCUT2D eigenvalue weighted by Gasteiger charge is -2.13. The Morgan fingerprint density at radius 1 is 1.33 bits per heavy atom. The number of pyridine rings is 1. The molecule has 0 bridgehead atoms. The average molecular weight is 343 g/mol. The number of hydrogen-bond donors (Lipinski definition) is 1. The first-order chi connectivity index (χ1) is 11.6. The first kappa shape index (κ1) is 16.1. The zero-order chi connectivity index (χ0) is 17.3. The highest BCUT2D eigenvalue weighted by atomic mass is 35.5. The van der Waals surface area contributed by atoms with Crippen LogP contribution in [-0.4, -0.2) is 23.5 Å². The number of hydrogen-bond acceptors (Lipinski definition) is 5. The van der Waals surface area contributed by atoms with Crippen LogP contribution >= 0.6 is 11.6 Å². The van der Waals surface area contributed by atoms with Crippen molar-refractivity contribution in [3.05, 3.63) is 46.6 Å². The van der Waals surface area contributed by atoms with E-state index in [0.29, 0.717) is 33.3 Å². The molecule has 0 atom stereocenters. The second-order valence-corrected chi connectivity index (χ2v) is 5.60. The topological polar surface area (TPSA) is 86.1 Å². The summed E-state index contributed by atoms with van der Waals surface area (Å²) in [5.41, 5.74) is 9.48. The van der Waals surface area contributed by atoms with E-state index in [2.05, 4.69) is 11.1 Å². The maximum atomic E-state index is 9.44. The van der Waals surface area contributed by atoms with Gasteiger partial charge in [0.15, 0.2) is 6.79 Å². The van der Waals surface area contributed by atoms with E-state index in [1.165, 1.54) is 0 Å². The summed E-state index contributed by atoms with van der Waals surface area (Å²) in [4.78, 5) is 4.25. The Balaban J connectivity index is 2.27. The fraction of sp³-hybridized carbons (Fsp3) is 0.176. The number of nitriles is 1. The molecule has 7 heteroatoms. The lowest BCUT2D eigenvalue weighted by Crippen LogP contribution is -2.04. The van der Waals surface area contributed by atoms with Gasteiger partial charge in [-0.25, -0.2) is 4.98 Å². The van der Waals surface area contributed by atoms with E-state index in [0.717, 1.165) is 11.3 Å². The number of aryl methyl sites for hydroxylation is 1. The molecular formula is C17H15ClN4O2. The van der Waals surface area contributed by atoms with Crippen LogP contribution in [0.3, 0.4) is 0 Å². The minimum atomic E-state index is 0.144. The molecule has 0 saturated heterocycles. The van der Waals surface area contributed by atoms with Crippen LogP contribution in [0.1, 0.15) is 11.1 Å². The van der Waals surface area contributed by atoms with Gasteiger partial charge in [0.2, 0.25) is 0 Å². The number of fused-ring (bicyclic) bond motifs is 1. The molecule has 2 N–H and O–H groups in total. The van der Waals surface area contributed by atoms with Gasteiger partial charge in [0, 0.05) is 13.2 Å². The first-order valence-corrected chi connectivity index (χ1v) is 7.54. The van der Waals surface area contributed by atoms with Crippen molar-refractivity contribution in [2.45, 2.75) is 6.92 Å². The Morgan fingerprint density at radius 2 is 2.12 bits per heavy atom. The highest BCUT2D eigenvalue weighted by Crippen LogP contribution is 2.33. The number of nitrogen functional groups attached to an aromatic ring is 1. The van der Waals surface area contributed by atoms with E-state index in [1.807, 2.05) is 25.1 Å². The molecule has 0 saturated carbocycles. The molecule has 0 spiro atoms. The van der Waals surface area contributed by atoms with Crippen molar-refractivity contribution in [1.29, 1.82) is 5.26 Å². The molecule has 122 valence electrons. The average Bonchev–Trinajstić information content (AvgIpc) is 2.84. The van der Waals surface area contributed by atoms with Crippen molar-refractivity contribution >= 4 is 28.5 Å². The summed E-state index contributed by atoms with van der Waals surface area (Å²) in [5, 5.41) is 9.75. The van der Waals surface area contributed by atoms with Crippen LogP contribution in [0.15, 0.2) is 30.3 Å². The molecule has 0 radical (unpaired) electrons. The predicted octanol–water partition coefficient (Wildman–Crippen LogP) is 3.42. The van der Waals surface area contributed by atoms with Crippen LogP contribution in [0.5, 0.6) is 5.75 Å². The van der Waals surface area contributed by atoms with Gasteiger partial charge in [-0.1, -0.05) is 17.7 Å². The quantitative estimate of drug-likeness (QED) is 0.580. The summed E-state index contributed by atoms with van der Waals surface area (Å²) >= 11 is 5.96. The Morgan fingerprint density at radius 3 is 2.83 bits per heavy atom. The predicted molar refractivity (Wildman–Crippen MR) is 92.4 cm³/mol. The van der Waals surface area contributed by atoms with Gasteiger partial charge >= 0.3 is 0 Å². The molecular weight excluding hydrogens is 328 g/mol. The van der Waals surface area contributed by atoms with E-state index in [-0.39, 0.29) is 6.79 Å². The molecule has 3 aromatic rings. The molecule has 0 unspecified atom stereocenters. The van der Waals surface area contributed by atoms with Gasteiger partial charge in [0.1, 0.15) is 33.9 Å². The van der Waals surface area contributed by atoms with Crippen LogP contribution in [-0.2, 0) is 4.74 Å². The van der Waals surface area contributed by atoms with Gasteiger partial charge in [-0.3, -0.25) is 4.57 Å². The van der Waals surface area contributed by atoms with Gasteiger partial charge in [-0.15, -0.1) is 0 Å². The maximum Gasteiger partial charge on any atom is 0.188 e. The summed E-state index contributed by atoms with van der Waals surface area (Å²) in [7, 11) is 1.56. The van der Waals surface area contributed by atoms with Gasteiger partial charge < -0.3 is 15.2 Å². The van der Waals surface area contributed by atoms with E-state index >= 15 is 0 Å². The standard InChI is InChI=1S/C17H15ClN4O2/c1-10-3-4-11(24-9-23-2)7-14(10)22-13-5-6-15(18)21-16(13)12(8-19)17(22)20/h3-7H,9,20H2,1-2H3. The third-order valence-corrected chi connectivity index (χ3v) is 3.90. The van der Waals surface area contributed by atoms with Gasteiger partial charge in [0.25, 0.3) is 0 Å². The molecule has 0 amide bonds. The fourth-order valence-electron chi connectivity index (χ4n) is 2.57. The highest BCUT2D eigenvalue weighted by molar-refractivity contribution is 6.29. The van der Waals surface area contributed by atoms with Crippen molar-refractivity contribution in [2.24, 2.45) is 0 Å².